The van der Waals surface area contributed by atoms with Gasteiger partial charge in [-0.3, -0.25) is 0 Å². The zero-order valence-corrected chi connectivity index (χ0v) is 10.2. The fraction of sp³-hybridized carbons (Fsp3) is 0.545. The van der Waals surface area contributed by atoms with Crippen molar-refractivity contribution in [1.29, 1.82) is 0 Å². The molecule has 0 bridgehead atoms. The number of furan rings is 1. The molecule has 1 heterocycles. The molecule has 8 nitrogen and oxygen atoms in total. The predicted octanol–water partition coefficient (Wildman–Crippen LogP) is -2.64. The van der Waals surface area contributed by atoms with E-state index in [-0.39, 0.29) is 6.29 Å². The molecule has 8 heteroatoms. The Hall–Kier alpha value is -1.29. The van der Waals surface area contributed by atoms with Crippen molar-refractivity contribution in [2.24, 2.45) is 5.73 Å². The topological polar surface area (TPSA) is 157 Å². The van der Waals surface area contributed by atoms with Crippen LogP contribution in [0.15, 0.2) is 22.8 Å². The van der Waals surface area contributed by atoms with Gasteiger partial charge >= 0.3 is 0 Å². The first kappa shape index (κ1) is 17.7. The second-order valence-corrected chi connectivity index (χ2v) is 3.64. The van der Waals surface area contributed by atoms with Crippen LogP contribution in [0.1, 0.15) is 5.76 Å². The van der Waals surface area contributed by atoms with Gasteiger partial charge in [0.2, 0.25) is 0 Å². The Bertz CT molecular complexity index is 330. The monoisotopic (exact) mass is 277 g/mol. The quantitative estimate of drug-likeness (QED) is 0.308. The second-order valence-electron chi connectivity index (χ2n) is 3.64. The Balaban J connectivity index is 0.000000388. The van der Waals surface area contributed by atoms with Gasteiger partial charge in [-0.15, -0.1) is 0 Å². The number of aliphatic hydroxyl groups is 5. The van der Waals surface area contributed by atoms with E-state index in [2.05, 4.69) is 0 Å². The van der Waals surface area contributed by atoms with Crippen LogP contribution in [0.25, 0.3) is 0 Å². The van der Waals surface area contributed by atoms with Gasteiger partial charge in [-0.05, 0) is 12.1 Å². The molecular weight excluding hydrogens is 258 g/mol. The third-order valence-electron chi connectivity index (χ3n) is 2.20. The van der Waals surface area contributed by atoms with Crippen LogP contribution in [0.3, 0.4) is 0 Å². The molecular formula is C11H19NO7. The maximum atomic E-state index is 9.90. The third kappa shape index (κ3) is 6.43. The third-order valence-corrected chi connectivity index (χ3v) is 2.20. The lowest BCUT2D eigenvalue weighted by Gasteiger charge is -2.22. The summed E-state index contributed by atoms with van der Waals surface area (Å²) in [6.07, 6.45) is -5.23. The van der Waals surface area contributed by atoms with Crippen LogP contribution < -0.4 is 5.73 Å². The normalized spacial score (nSPS) is 16.7. The van der Waals surface area contributed by atoms with E-state index in [1.165, 1.54) is 0 Å². The molecule has 0 aliphatic rings. The molecule has 1 aromatic rings. The maximum absolute atomic E-state index is 9.90. The molecule has 7 N–H and O–H groups in total. The largest absolute Gasteiger partial charge is 0.468 e. The van der Waals surface area contributed by atoms with Gasteiger partial charge in [0.15, 0.2) is 6.29 Å². The van der Waals surface area contributed by atoms with Crippen LogP contribution >= 0.6 is 0 Å². The first-order valence-electron chi connectivity index (χ1n) is 5.48. The fourth-order valence-corrected chi connectivity index (χ4v) is 1.05. The highest BCUT2D eigenvalue weighted by molar-refractivity contribution is 5.56. The average molecular weight is 277 g/mol. The van der Waals surface area contributed by atoms with Gasteiger partial charge in [0.1, 0.15) is 30.2 Å². The van der Waals surface area contributed by atoms with Crippen molar-refractivity contribution < 1.29 is 34.7 Å². The van der Waals surface area contributed by atoms with Crippen LogP contribution in [0.5, 0.6) is 0 Å². The zero-order chi connectivity index (χ0) is 14.8. The van der Waals surface area contributed by atoms with E-state index in [9.17, 15) is 4.79 Å². The van der Waals surface area contributed by atoms with Gasteiger partial charge in [0.05, 0.1) is 19.4 Å². The number of hydrogen-bond donors (Lipinski definition) is 6. The van der Waals surface area contributed by atoms with Crippen LogP contribution in [0.4, 0.5) is 0 Å². The van der Waals surface area contributed by atoms with Crippen molar-refractivity contribution in [2.75, 3.05) is 6.61 Å². The molecule has 4 unspecified atom stereocenters. The Kier molecular flexibility index (Phi) is 8.96. The van der Waals surface area contributed by atoms with Gasteiger partial charge < -0.3 is 40.5 Å². The molecule has 0 fully saturated rings. The molecule has 0 aliphatic heterocycles. The summed E-state index contributed by atoms with van der Waals surface area (Å²) >= 11 is 0. The van der Waals surface area contributed by atoms with E-state index in [0.717, 1.165) is 5.76 Å². The number of hydrogen-bond acceptors (Lipinski definition) is 8. The Morgan fingerprint density at radius 2 is 1.89 bits per heavy atom. The van der Waals surface area contributed by atoms with E-state index in [0.29, 0.717) is 6.54 Å². The standard InChI is InChI=1S/C6H12O6.C5H7NO/c7-1-3(9)5(11)6(12)4(10)2-8;6-4-5-2-1-3-7-5/h1,3-6,8-12H,2H2;1-3H,4,6H2. The summed E-state index contributed by atoms with van der Waals surface area (Å²) in [6, 6.07) is 3.67. The molecule has 0 amide bonds. The minimum atomic E-state index is -1.79. The number of aldehydes is 1. The highest BCUT2D eigenvalue weighted by atomic mass is 16.4. The van der Waals surface area contributed by atoms with Gasteiger partial charge in [-0.1, -0.05) is 0 Å². The van der Waals surface area contributed by atoms with Crippen molar-refractivity contribution in [3.8, 4) is 0 Å². The summed E-state index contributed by atoms with van der Waals surface area (Å²) in [5.74, 6) is 0.833. The van der Waals surface area contributed by atoms with Gasteiger partial charge in [0.25, 0.3) is 0 Å². The first-order valence-corrected chi connectivity index (χ1v) is 5.48. The highest BCUT2D eigenvalue weighted by Crippen LogP contribution is 2.02. The number of carbonyl (C=O) groups excluding carboxylic acids is 1. The van der Waals surface area contributed by atoms with Crippen molar-refractivity contribution in [1.82, 2.24) is 0 Å². The van der Waals surface area contributed by atoms with Gasteiger partial charge in [0, 0.05) is 0 Å². The summed E-state index contributed by atoms with van der Waals surface area (Å²) in [5, 5.41) is 43.5. The first-order chi connectivity index (χ1) is 8.97. The van der Waals surface area contributed by atoms with Gasteiger partial charge in [-0.2, -0.15) is 0 Å². The minimum Gasteiger partial charge on any atom is -0.468 e. The molecule has 0 aliphatic carbocycles. The van der Waals surface area contributed by atoms with E-state index < -0.39 is 31.0 Å². The van der Waals surface area contributed by atoms with Crippen LogP contribution in [0.2, 0.25) is 0 Å². The molecule has 0 radical (unpaired) electrons. The van der Waals surface area contributed by atoms with E-state index in [4.69, 9.17) is 35.7 Å². The number of rotatable bonds is 6. The van der Waals surface area contributed by atoms with Crippen molar-refractivity contribution in [3.63, 3.8) is 0 Å². The summed E-state index contributed by atoms with van der Waals surface area (Å²) < 4.78 is 4.86. The number of nitrogens with two attached hydrogens (primary N) is 1. The molecule has 0 saturated carbocycles. The summed E-state index contributed by atoms with van der Waals surface area (Å²) in [6.45, 7) is -0.267. The van der Waals surface area contributed by atoms with E-state index >= 15 is 0 Å². The minimum absolute atomic E-state index is 0.0258. The zero-order valence-electron chi connectivity index (χ0n) is 10.2. The SMILES string of the molecule is NCc1ccco1.O=CC(O)C(O)C(O)C(O)CO. The summed E-state index contributed by atoms with van der Waals surface area (Å²) in [7, 11) is 0. The molecule has 1 rings (SSSR count). The Labute approximate surface area is 109 Å². The average Bonchev–Trinajstić information content (AvgIpc) is 2.97. The number of aliphatic hydroxyl groups excluding tert-OH is 5. The summed E-state index contributed by atoms with van der Waals surface area (Å²) in [4.78, 5) is 9.90. The molecule has 110 valence electrons. The fourth-order valence-electron chi connectivity index (χ4n) is 1.05. The number of carbonyl (C=O) groups is 1. The molecule has 1 aromatic heterocycles. The van der Waals surface area contributed by atoms with Crippen LogP contribution in [-0.2, 0) is 11.3 Å². The smallest absolute Gasteiger partial charge is 0.151 e. The molecule has 19 heavy (non-hydrogen) atoms. The van der Waals surface area contributed by atoms with Crippen molar-refractivity contribution >= 4 is 6.29 Å². The van der Waals surface area contributed by atoms with E-state index in [1.807, 2.05) is 12.1 Å². The highest BCUT2D eigenvalue weighted by Gasteiger charge is 2.29. The van der Waals surface area contributed by atoms with Crippen molar-refractivity contribution in [2.45, 2.75) is 31.0 Å². The molecule has 0 spiro atoms. The lowest BCUT2D eigenvalue weighted by atomic mass is 10.0. The predicted molar refractivity (Wildman–Crippen MR) is 63.8 cm³/mol. The lowest BCUT2D eigenvalue weighted by molar-refractivity contribution is -0.136. The van der Waals surface area contributed by atoms with Gasteiger partial charge in [-0.25, -0.2) is 0 Å². The van der Waals surface area contributed by atoms with Crippen LogP contribution in [0, 0.1) is 0 Å². The second kappa shape index (κ2) is 9.62. The summed E-state index contributed by atoms with van der Waals surface area (Å²) in [5.41, 5.74) is 5.20. The lowest BCUT2D eigenvalue weighted by Crippen LogP contribution is -2.46. The van der Waals surface area contributed by atoms with E-state index in [1.54, 1.807) is 6.26 Å². The molecule has 4 atom stereocenters. The Morgan fingerprint density at radius 1 is 1.26 bits per heavy atom. The molecule has 0 aromatic carbocycles. The Morgan fingerprint density at radius 3 is 2.21 bits per heavy atom. The molecule has 0 saturated heterocycles. The van der Waals surface area contributed by atoms with Crippen molar-refractivity contribution in [3.05, 3.63) is 24.2 Å². The van der Waals surface area contributed by atoms with Crippen LogP contribution in [-0.4, -0.2) is 62.8 Å². The maximum Gasteiger partial charge on any atom is 0.151 e.